The van der Waals surface area contributed by atoms with Gasteiger partial charge < -0.3 is 8.83 Å². The molecule has 0 unspecified atom stereocenters. The molecule has 46 heavy (non-hydrogen) atoms. The second-order valence-corrected chi connectivity index (χ2v) is 11.6. The number of nitrogens with zero attached hydrogens (tertiary/aromatic N) is 3. The summed E-state index contributed by atoms with van der Waals surface area (Å²) in [6, 6.07) is 47.4. The van der Waals surface area contributed by atoms with Crippen LogP contribution >= 0.6 is 0 Å². The molecule has 7 aromatic carbocycles. The molecular weight excluding hydrogens is 566 g/mol. The highest BCUT2D eigenvalue weighted by molar-refractivity contribution is 6.24. The number of benzene rings is 7. The van der Waals surface area contributed by atoms with E-state index >= 15 is 0 Å². The van der Waals surface area contributed by atoms with Gasteiger partial charge in [-0.05, 0) is 40.4 Å². The van der Waals surface area contributed by atoms with Crippen molar-refractivity contribution in [2.24, 2.45) is 0 Å². The standard InChI is InChI=1S/C41H23N3O2/c1-2-11-26(12-3-1)39-42-40(30-15-8-18-33-36(30)28-14-6-7-17-32(28)45-33)44-41(43-39)31-16-9-19-34-37(31)29-23-22-25-21-20-24-10-4-5-13-27(24)35(25)38(29)46-34/h1-23H. The van der Waals surface area contributed by atoms with Gasteiger partial charge in [-0.2, -0.15) is 0 Å². The van der Waals surface area contributed by atoms with E-state index in [2.05, 4.69) is 66.7 Å². The Bertz CT molecular complexity index is 2810. The van der Waals surface area contributed by atoms with E-state index in [9.17, 15) is 0 Å². The molecule has 0 aliphatic heterocycles. The molecule has 0 N–H and O–H groups in total. The normalized spacial score (nSPS) is 11.9. The van der Waals surface area contributed by atoms with Crippen LogP contribution in [0, 0.1) is 0 Å². The van der Waals surface area contributed by atoms with Crippen molar-refractivity contribution >= 4 is 65.4 Å². The first-order valence-corrected chi connectivity index (χ1v) is 15.3. The summed E-state index contributed by atoms with van der Waals surface area (Å²) in [7, 11) is 0. The Labute approximate surface area is 262 Å². The molecule has 0 atom stereocenters. The van der Waals surface area contributed by atoms with Gasteiger partial charge in [0.1, 0.15) is 22.3 Å². The van der Waals surface area contributed by atoms with Gasteiger partial charge in [-0.25, -0.2) is 15.0 Å². The van der Waals surface area contributed by atoms with Gasteiger partial charge in [0.25, 0.3) is 0 Å². The van der Waals surface area contributed by atoms with Crippen LogP contribution in [0.3, 0.4) is 0 Å². The van der Waals surface area contributed by atoms with E-state index in [1.165, 1.54) is 10.8 Å². The summed E-state index contributed by atoms with van der Waals surface area (Å²) in [6.45, 7) is 0. The van der Waals surface area contributed by atoms with Crippen molar-refractivity contribution in [2.75, 3.05) is 0 Å². The maximum absolute atomic E-state index is 6.68. The Morgan fingerprint density at radius 2 is 0.935 bits per heavy atom. The van der Waals surface area contributed by atoms with E-state index in [0.29, 0.717) is 17.5 Å². The van der Waals surface area contributed by atoms with E-state index in [1.807, 2.05) is 72.8 Å². The van der Waals surface area contributed by atoms with Crippen LogP contribution in [0.2, 0.25) is 0 Å². The Balaban J connectivity index is 1.29. The van der Waals surface area contributed by atoms with Gasteiger partial charge in [0.05, 0.1) is 0 Å². The van der Waals surface area contributed by atoms with Crippen molar-refractivity contribution < 1.29 is 8.83 Å². The number of para-hydroxylation sites is 1. The summed E-state index contributed by atoms with van der Waals surface area (Å²) in [5.41, 5.74) is 5.98. The Morgan fingerprint density at radius 1 is 0.348 bits per heavy atom. The quantitative estimate of drug-likeness (QED) is 0.192. The van der Waals surface area contributed by atoms with Crippen LogP contribution in [-0.4, -0.2) is 15.0 Å². The van der Waals surface area contributed by atoms with Crippen LogP contribution in [-0.2, 0) is 0 Å². The first-order valence-electron chi connectivity index (χ1n) is 15.3. The van der Waals surface area contributed by atoms with Crippen LogP contribution in [0.4, 0.5) is 0 Å². The lowest BCUT2D eigenvalue weighted by Crippen LogP contribution is -2.00. The molecule has 0 aliphatic carbocycles. The summed E-state index contributed by atoms with van der Waals surface area (Å²) in [4.78, 5) is 15.3. The predicted octanol–water partition coefficient (Wildman–Crippen LogP) is 11.0. The number of fused-ring (bicyclic) bond motifs is 10. The van der Waals surface area contributed by atoms with Crippen LogP contribution in [0.5, 0.6) is 0 Å². The molecule has 0 spiro atoms. The second kappa shape index (κ2) is 9.58. The molecule has 3 aromatic heterocycles. The van der Waals surface area contributed by atoms with E-state index in [4.69, 9.17) is 23.8 Å². The molecule has 0 bridgehead atoms. The summed E-state index contributed by atoms with van der Waals surface area (Å²) in [5, 5.41) is 8.62. The molecule has 3 heterocycles. The zero-order valence-electron chi connectivity index (χ0n) is 24.4. The summed E-state index contributed by atoms with van der Waals surface area (Å²) in [5.74, 6) is 1.77. The Hall–Kier alpha value is -6.33. The molecule has 0 amide bonds. The lowest BCUT2D eigenvalue weighted by molar-refractivity contribution is 0.669. The van der Waals surface area contributed by atoms with Gasteiger partial charge in [0, 0.05) is 43.6 Å². The fraction of sp³-hybridized carbons (Fsp3) is 0. The third-order valence-corrected chi connectivity index (χ3v) is 8.92. The summed E-state index contributed by atoms with van der Waals surface area (Å²) in [6.07, 6.45) is 0. The van der Waals surface area contributed by atoms with Gasteiger partial charge >= 0.3 is 0 Å². The highest BCUT2D eigenvalue weighted by Gasteiger charge is 2.21. The molecule has 0 saturated carbocycles. The topological polar surface area (TPSA) is 65.0 Å². The van der Waals surface area contributed by atoms with Crippen molar-refractivity contribution in [1.82, 2.24) is 15.0 Å². The lowest BCUT2D eigenvalue weighted by atomic mass is 9.98. The number of furan rings is 2. The number of rotatable bonds is 3. The summed E-state index contributed by atoms with van der Waals surface area (Å²) < 4.78 is 12.9. The SMILES string of the molecule is c1ccc(-c2nc(-c3cccc4oc5ccccc5c34)nc(-c3cccc4oc5c(ccc6ccc7ccccc7c65)c34)n2)cc1. The Morgan fingerprint density at radius 3 is 1.74 bits per heavy atom. The maximum Gasteiger partial charge on any atom is 0.164 e. The van der Waals surface area contributed by atoms with Gasteiger partial charge in [-0.3, -0.25) is 0 Å². The number of hydrogen-bond acceptors (Lipinski definition) is 5. The molecule has 214 valence electrons. The predicted molar refractivity (Wildman–Crippen MR) is 186 cm³/mol. The molecule has 10 aromatic rings. The van der Waals surface area contributed by atoms with Crippen molar-refractivity contribution in [3.8, 4) is 34.2 Å². The Kier molecular flexibility index (Phi) is 5.22. The maximum atomic E-state index is 6.68. The average Bonchev–Trinajstić information content (AvgIpc) is 3.70. The molecule has 0 fully saturated rings. The van der Waals surface area contributed by atoms with Gasteiger partial charge in [0.2, 0.25) is 0 Å². The molecule has 0 saturated heterocycles. The van der Waals surface area contributed by atoms with Gasteiger partial charge in [-0.1, -0.05) is 115 Å². The highest BCUT2D eigenvalue weighted by atomic mass is 16.3. The fourth-order valence-corrected chi connectivity index (χ4v) is 6.85. The van der Waals surface area contributed by atoms with Crippen molar-refractivity contribution in [2.45, 2.75) is 0 Å². The molecular formula is C41H23N3O2. The molecule has 10 rings (SSSR count). The minimum absolute atomic E-state index is 0.583. The van der Waals surface area contributed by atoms with Crippen molar-refractivity contribution in [3.63, 3.8) is 0 Å². The van der Waals surface area contributed by atoms with Crippen LogP contribution in [0.1, 0.15) is 0 Å². The van der Waals surface area contributed by atoms with Crippen LogP contribution in [0.25, 0.3) is 99.6 Å². The van der Waals surface area contributed by atoms with E-state index in [1.54, 1.807) is 0 Å². The first kappa shape index (κ1) is 25.0. The fourth-order valence-electron chi connectivity index (χ4n) is 6.85. The molecule has 0 aliphatic rings. The lowest BCUT2D eigenvalue weighted by Gasteiger charge is -2.10. The average molecular weight is 590 g/mol. The third-order valence-electron chi connectivity index (χ3n) is 8.92. The molecule has 5 heteroatoms. The zero-order valence-corrected chi connectivity index (χ0v) is 24.4. The number of aromatic nitrogens is 3. The highest BCUT2D eigenvalue weighted by Crippen LogP contribution is 2.42. The van der Waals surface area contributed by atoms with E-state index in [0.717, 1.165) is 71.3 Å². The minimum atomic E-state index is 0.583. The van der Waals surface area contributed by atoms with Crippen LogP contribution < -0.4 is 0 Å². The minimum Gasteiger partial charge on any atom is -0.456 e. The zero-order chi connectivity index (χ0) is 30.2. The largest absolute Gasteiger partial charge is 0.456 e. The molecule has 0 radical (unpaired) electrons. The first-order chi connectivity index (χ1) is 22.8. The van der Waals surface area contributed by atoms with Gasteiger partial charge in [0.15, 0.2) is 17.5 Å². The van der Waals surface area contributed by atoms with Crippen LogP contribution in [0.15, 0.2) is 148 Å². The van der Waals surface area contributed by atoms with Crippen molar-refractivity contribution in [3.05, 3.63) is 140 Å². The smallest absolute Gasteiger partial charge is 0.164 e. The number of hydrogen-bond donors (Lipinski definition) is 0. The van der Waals surface area contributed by atoms with E-state index < -0.39 is 0 Å². The third kappa shape index (κ3) is 3.66. The second-order valence-electron chi connectivity index (χ2n) is 11.6. The van der Waals surface area contributed by atoms with Crippen molar-refractivity contribution in [1.29, 1.82) is 0 Å². The monoisotopic (exact) mass is 589 g/mol. The molecule has 5 nitrogen and oxygen atoms in total. The summed E-state index contributed by atoms with van der Waals surface area (Å²) >= 11 is 0. The van der Waals surface area contributed by atoms with E-state index in [-0.39, 0.29) is 0 Å². The van der Waals surface area contributed by atoms with Gasteiger partial charge in [-0.15, -0.1) is 0 Å².